The molecule has 0 bridgehead atoms. The number of benzene rings is 1. The Labute approximate surface area is 176 Å². The maximum Gasteiger partial charge on any atom is 0.237 e. The van der Waals surface area contributed by atoms with E-state index in [9.17, 15) is 4.79 Å². The van der Waals surface area contributed by atoms with Gasteiger partial charge in [0.15, 0.2) is 0 Å². The molecule has 1 aromatic carbocycles. The smallest absolute Gasteiger partial charge is 0.237 e. The fourth-order valence-electron chi connectivity index (χ4n) is 4.44. The number of pyridine rings is 2. The number of nitrogens with zero attached hydrogens (tertiary/aromatic N) is 4. The SMILES string of the molecule is CN(C)CCCOc1ccc(-c2ccc3ncc4c(c3c2)C2(CC2)C(=O)N4C)cn1. The van der Waals surface area contributed by atoms with Gasteiger partial charge in [-0.15, -0.1) is 0 Å². The van der Waals surface area contributed by atoms with E-state index in [0.717, 1.165) is 59.1 Å². The van der Waals surface area contributed by atoms with Crippen LogP contribution in [0.25, 0.3) is 22.0 Å². The molecule has 1 fully saturated rings. The minimum atomic E-state index is -0.327. The van der Waals surface area contributed by atoms with Crippen LogP contribution in [-0.4, -0.2) is 55.1 Å². The Morgan fingerprint density at radius 2 is 1.90 bits per heavy atom. The van der Waals surface area contributed by atoms with Gasteiger partial charge in [-0.05, 0) is 57.1 Å². The van der Waals surface area contributed by atoms with Gasteiger partial charge in [0.2, 0.25) is 11.8 Å². The average molecular weight is 402 g/mol. The molecule has 30 heavy (non-hydrogen) atoms. The van der Waals surface area contributed by atoms with Gasteiger partial charge in [-0.3, -0.25) is 9.78 Å². The highest BCUT2D eigenvalue weighted by atomic mass is 16.5. The number of amides is 1. The third-order valence-electron chi connectivity index (χ3n) is 6.22. The molecule has 2 aromatic heterocycles. The summed E-state index contributed by atoms with van der Waals surface area (Å²) in [4.78, 5) is 25.8. The van der Waals surface area contributed by atoms with E-state index in [2.05, 4.69) is 41.1 Å². The van der Waals surface area contributed by atoms with Crippen LogP contribution in [0, 0.1) is 0 Å². The Morgan fingerprint density at radius 3 is 2.60 bits per heavy atom. The Hall–Kier alpha value is -2.99. The van der Waals surface area contributed by atoms with E-state index in [-0.39, 0.29) is 11.3 Å². The van der Waals surface area contributed by atoms with Gasteiger partial charge in [0.05, 0.1) is 29.4 Å². The van der Waals surface area contributed by atoms with Crippen LogP contribution < -0.4 is 9.64 Å². The average Bonchev–Trinajstić information content (AvgIpc) is 3.53. The molecule has 1 amide bonds. The number of fused-ring (bicyclic) bond motifs is 4. The standard InChI is InChI=1S/C24H26N4O2/c1-27(2)11-4-12-30-21-8-6-17(14-26-21)16-5-7-19-18(13-16)22-20(15-25-19)28(3)23(29)24(22)9-10-24/h5-8,13-15H,4,9-12H2,1-3H3. The van der Waals surface area contributed by atoms with Gasteiger partial charge in [0, 0.05) is 42.4 Å². The van der Waals surface area contributed by atoms with Crippen molar-refractivity contribution in [3.8, 4) is 17.0 Å². The number of hydrogen-bond acceptors (Lipinski definition) is 5. The summed E-state index contributed by atoms with van der Waals surface area (Å²) in [5, 5.41) is 1.07. The molecule has 5 rings (SSSR count). The van der Waals surface area contributed by atoms with Crippen molar-refractivity contribution >= 4 is 22.5 Å². The minimum absolute atomic E-state index is 0.203. The summed E-state index contributed by atoms with van der Waals surface area (Å²) < 4.78 is 5.75. The van der Waals surface area contributed by atoms with E-state index in [4.69, 9.17) is 4.74 Å². The number of carbonyl (C=O) groups is 1. The fraction of sp³-hybridized carbons (Fsp3) is 0.375. The molecule has 3 heterocycles. The molecule has 1 spiro atoms. The van der Waals surface area contributed by atoms with Crippen LogP contribution in [0.15, 0.2) is 42.7 Å². The van der Waals surface area contributed by atoms with Crippen molar-refractivity contribution in [1.82, 2.24) is 14.9 Å². The van der Waals surface area contributed by atoms with Crippen LogP contribution in [0.1, 0.15) is 24.8 Å². The van der Waals surface area contributed by atoms with Crippen LogP contribution >= 0.6 is 0 Å². The van der Waals surface area contributed by atoms with Crippen molar-refractivity contribution in [2.24, 2.45) is 0 Å². The van der Waals surface area contributed by atoms with E-state index in [1.54, 1.807) is 4.90 Å². The van der Waals surface area contributed by atoms with Gasteiger partial charge in [-0.2, -0.15) is 0 Å². The van der Waals surface area contributed by atoms with Crippen LogP contribution in [0.5, 0.6) is 5.88 Å². The number of likely N-dealkylation sites (N-methyl/N-ethyl adjacent to an activating group) is 1. The second-order valence-electron chi connectivity index (χ2n) is 8.59. The number of carbonyl (C=O) groups excluding carboxylic acids is 1. The van der Waals surface area contributed by atoms with Crippen LogP contribution in [0.2, 0.25) is 0 Å². The molecule has 1 aliphatic heterocycles. The van der Waals surface area contributed by atoms with Crippen molar-refractivity contribution in [2.45, 2.75) is 24.7 Å². The second-order valence-corrected chi connectivity index (χ2v) is 8.59. The summed E-state index contributed by atoms with van der Waals surface area (Å²) in [5.74, 6) is 0.847. The van der Waals surface area contributed by atoms with Crippen LogP contribution in [0.4, 0.5) is 5.69 Å². The summed E-state index contributed by atoms with van der Waals surface area (Å²) in [6.07, 6.45) is 6.51. The van der Waals surface area contributed by atoms with E-state index >= 15 is 0 Å². The molecule has 0 N–H and O–H groups in total. The third-order valence-corrected chi connectivity index (χ3v) is 6.22. The van der Waals surface area contributed by atoms with Crippen molar-refractivity contribution < 1.29 is 9.53 Å². The van der Waals surface area contributed by atoms with Crippen molar-refractivity contribution in [1.29, 1.82) is 0 Å². The zero-order chi connectivity index (χ0) is 20.9. The van der Waals surface area contributed by atoms with Gasteiger partial charge >= 0.3 is 0 Å². The fourth-order valence-corrected chi connectivity index (χ4v) is 4.44. The first-order valence-corrected chi connectivity index (χ1v) is 10.4. The Bertz CT molecular complexity index is 1120. The zero-order valence-electron chi connectivity index (χ0n) is 17.7. The number of aromatic nitrogens is 2. The lowest BCUT2D eigenvalue weighted by molar-refractivity contribution is -0.119. The predicted octanol–water partition coefficient (Wildman–Crippen LogP) is 3.64. The number of hydrogen-bond donors (Lipinski definition) is 0. The highest BCUT2D eigenvalue weighted by Gasteiger charge is 2.59. The molecule has 154 valence electrons. The maximum absolute atomic E-state index is 12.8. The highest BCUT2D eigenvalue weighted by molar-refractivity contribution is 6.14. The summed E-state index contributed by atoms with van der Waals surface area (Å²) in [6, 6.07) is 10.2. The van der Waals surface area contributed by atoms with Crippen molar-refractivity contribution in [3.05, 3.63) is 48.3 Å². The first kappa shape index (κ1) is 19.0. The second kappa shape index (κ2) is 7.06. The summed E-state index contributed by atoms with van der Waals surface area (Å²) in [7, 11) is 5.97. The highest BCUT2D eigenvalue weighted by Crippen LogP contribution is 2.58. The van der Waals surface area contributed by atoms with E-state index in [1.807, 2.05) is 37.6 Å². The maximum atomic E-state index is 12.8. The summed E-state index contributed by atoms with van der Waals surface area (Å²) in [6.45, 7) is 1.65. The van der Waals surface area contributed by atoms with E-state index in [0.29, 0.717) is 12.5 Å². The molecule has 1 aliphatic carbocycles. The van der Waals surface area contributed by atoms with E-state index < -0.39 is 0 Å². The molecule has 1 saturated carbocycles. The normalized spacial score (nSPS) is 16.5. The van der Waals surface area contributed by atoms with Gasteiger partial charge in [0.1, 0.15) is 0 Å². The molecule has 2 aliphatic rings. The lowest BCUT2D eigenvalue weighted by Crippen LogP contribution is -2.28. The predicted molar refractivity (Wildman–Crippen MR) is 118 cm³/mol. The number of ether oxygens (including phenoxy) is 1. The Kier molecular flexibility index (Phi) is 4.47. The molecule has 6 nitrogen and oxygen atoms in total. The molecule has 0 saturated heterocycles. The Balaban J connectivity index is 1.44. The molecule has 3 aromatic rings. The van der Waals surface area contributed by atoms with Crippen molar-refractivity contribution in [2.75, 3.05) is 39.2 Å². The first-order chi connectivity index (χ1) is 14.5. The van der Waals surface area contributed by atoms with Crippen LogP contribution in [-0.2, 0) is 10.2 Å². The van der Waals surface area contributed by atoms with Gasteiger partial charge in [-0.25, -0.2) is 4.98 Å². The largest absolute Gasteiger partial charge is 0.478 e. The monoisotopic (exact) mass is 402 g/mol. The van der Waals surface area contributed by atoms with E-state index in [1.165, 1.54) is 0 Å². The van der Waals surface area contributed by atoms with Crippen LogP contribution in [0.3, 0.4) is 0 Å². The quantitative estimate of drug-likeness (QED) is 0.589. The molecule has 0 atom stereocenters. The lowest BCUT2D eigenvalue weighted by atomic mass is 9.92. The minimum Gasteiger partial charge on any atom is -0.478 e. The third kappa shape index (κ3) is 3.03. The lowest BCUT2D eigenvalue weighted by Gasteiger charge is -2.12. The summed E-state index contributed by atoms with van der Waals surface area (Å²) >= 11 is 0. The molecule has 6 heteroatoms. The topological polar surface area (TPSA) is 58.6 Å². The molecule has 0 unspecified atom stereocenters. The number of anilines is 1. The van der Waals surface area contributed by atoms with Gasteiger partial charge < -0.3 is 14.5 Å². The molecular formula is C24H26N4O2. The van der Waals surface area contributed by atoms with Crippen molar-refractivity contribution in [3.63, 3.8) is 0 Å². The summed E-state index contributed by atoms with van der Waals surface area (Å²) in [5.41, 5.74) is 4.80. The van der Waals surface area contributed by atoms with Gasteiger partial charge in [0.25, 0.3) is 0 Å². The molecular weight excluding hydrogens is 376 g/mol. The Morgan fingerprint density at radius 1 is 1.10 bits per heavy atom. The number of rotatable bonds is 6. The first-order valence-electron chi connectivity index (χ1n) is 10.4. The molecule has 0 radical (unpaired) electrons. The van der Waals surface area contributed by atoms with Gasteiger partial charge in [-0.1, -0.05) is 6.07 Å². The zero-order valence-corrected chi connectivity index (χ0v) is 17.7.